The number of carbonyl (C=O) groups excluding carboxylic acids is 5. The molecule has 4 N–H and O–H groups in total. The summed E-state index contributed by atoms with van der Waals surface area (Å²) < 4.78 is 52.4. The fourth-order valence-corrected chi connectivity index (χ4v) is 9.96. The Balaban J connectivity index is 0.610. The molecule has 2 saturated heterocycles. The van der Waals surface area contributed by atoms with Crippen molar-refractivity contribution in [3.63, 3.8) is 0 Å². The average Bonchev–Trinajstić information content (AvgIpc) is 4.10. The van der Waals surface area contributed by atoms with Gasteiger partial charge in [0, 0.05) is 79.9 Å². The van der Waals surface area contributed by atoms with Crippen molar-refractivity contribution in [2.75, 3.05) is 121 Å². The van der Waals surface area contributed by atoms with Gasteiger partial charge in [0.1, 0.15) is 29.9 Å². The third kappa shape index (κ3) is 14.8. The van der Waals surface area contributed by atoms with Crippen LogP contribution >= 0.6 is 11.6 Å². The molecule has 25 heteroatoms. The number of imide groups is 1. The first-order valence-electron chi connectivity index (χ1n) is 26.7. The minimum Gasteiger partial charge on any atom is -0.508 e. The molecule has 23 nitrogen and oxygen atoms in total. The molecule has 4 aromatic carbocycles. The van der Waals surface area contributed by atoms with E-state index in [4.69, 9.17) is 45.0 Å². The Hall–Kier alpha value is -7.71. The van der Waals surface area contributed by atoms with Crippen molar-refractivity contribution in [3.05, 3.63) is 107 Å². The van der Waals surface area contributed by atoms with Gasteiger partial charge >= 0.3 is 0 Å². The lowest BCUT2D eigenvalue weighted by Crippen LogP contribution is -2.52. The Bertz CT molecular complexity index is 3250. The summed E-state index contributed by atoms with van der Waals surface area (Å²) >= 11 is 6.87. The van der Waals surface area contributed by atoms with Gasteiger partial charge in [0.15, 0.2) is 5.82 Å². The van der Waals surface area contributed by atoms with Crippen LogP contribution in [-0.2, 0) is 67.3 Å². The molecular formula is C56H63ClFN11O12. The summed E-state index contributed by atoms with van der Waals surface area (Å²) in [5.41, 5.74) is 2.86. The summed E-state index contributed by atoms with van der Waals surface area (Å²) in [6.07, 6.45) is 4.11. The van der Waals surface area contributed by atoms with Gasteiger partial charge in [-0.05, 0) is 59.2 Å². The molecule has 6 aromatic rings. The molecule has 81 heavy (non-hydrogen) atoms. The van der Waals surface area contributed by atoms with Crippen molar-refractivity contribution in [2.24, 2.45) is 0 Å². The van der Waals surface area contributed by atoms with Crippen molar-refractivity contribution in [3.8, 4) is 16.9 Å². The van der Waals surface area contributed by atoms with Gasteiger partial charge in [-0.1, -0.05) is 53.7 Å². The molecule has 428 valence electrons. The largest absolute Gasteiger partial charge is 0.508 e. The zero-order chi connectivity index (χ0) is 56.7. The van der Waals surface area contributed by atoms with Crippen molar-refractivity contribution < 1.29 is 61.9 Å². The minimum atomic E-state index is -0.743. The van der Waals surface area contributed by atoms with Crippen LogP contribution in [0.2, 0.25) is 5.02 Å². The fourth-order valence-electron chi connectivity index (χ4n) is 9.66. The number of nitrogens with zero attached hydrogens (tertiary/aromatic N) is 8. The Morgan fingerprint density at radius 2 is 1.54 bits per heavy atom. The van der Waals surface area contributed by atoms with Gasteiger partial charge in [-0.3, -0.25) is 29.3 Å². The Labute approximate surface area is 470 Å². The van der Waals surface area contributed by atoms with Crippen LogP contribution in [0.1, 0.15) is 40.9 Å². The first kappa shape index (κ1) is 58.0. The van der Waals surface area contributed by atoms with Gasteiger partial charge in [-0.15, -0.1) is 5.10 Å². The second kappa shape index (κ2) is 28.1. The van der Waals surface area contributed by atoms with E-state index in [1.54, 1.807) is 46.1 Å². The Morgan fingerprint density at radius 1 is 0.827 bits per heavy atom. The molecule has 0 bridgehead atoms. The number of phenols is 1. The maximum absolute atomic E-state index is 16.9. The lowest BCUT2D eigenvalue weighted by molar-refractivity contribution is -0.137. The number of aromatic nitrogens is 5. The van der Waals surface area contributed by atoms with E-state index >= 15 is 4.39 Å². The highest BCUT2D eigenvalue weighted by molar-refractivity contribution is 6.35. The molecule has 0 saturated carbocycles. The maximum Gasteiger partial charge on any atom is 0.255 e. The number of piperazine rings is 1. The first-order chi connectivity index (χ1) is 39.4. The van der Waals surface area contributed by atoms with E-state index in [0.29, 0.717) is 131 Å². The van der Waals surface area contributed by atoms with E-state index in [9.17, 15) is 29.1 Å². The van der Waals surface area contributed by atoms with E-state index in [0.717, 1.165) is 11.1 Å². The van der Waals surface area contributed by atoms with E-state index in [1.807, 2.05) is 29.2 Å². The van der Waals surface area contributed by atoms with Crippen LogP contribution in [0.25, 0.3) is 32.8 Å². The SMILES string of the molecule is C=CC(=O)N1CCN(c2nc(NCCOCCOCCOCCc3cn(COCCOCCOCCC(=O)Nc4cccc5c4CN(C4CCC(=O)NC4=O)C5=O)nn3)nc3c(F)c(-c4cc(O)cc5ccccc45)c(Cl)cc23)CC1. The number of phenolic OH excluding ortho intramolecular Hbond substituents is 1. The number of rotatable bonds is 29. The standard InChI is InChI=1S/C56H63ClFN11O12/c1-2-49(73)66-15-17-67(18-16-66)53-42-32-44(57)50(41-31-38(70)30-36-6-3-4-7-39(36)41)51(58)52(42)62-56(63-53)59-14-21-78-24-27-79-25-22-76-19-12-37-33-68(65-64-37)35-81-29-28-80-26-23-77-20-13-48(72)60-45-9-5-8-40-43(45)34-69(55(40)75)46-10-11-47(71)61-54(46)74/h2-9,30-33,46,70H,1,10-29,34-35H2,(H,60,72)(H,59,62,63)(H,61,71,74). The quantitative estimate of drug-likeness (QED) is 0.0277. The van der Waals surface area contributed by atoms with Gasteiger partial charge < -0.3 is 58.9 Å². The second-order valence-electron chi connectivity index (χ2n) is 19.1. The van der Waals surface area contributed by atoms with Crippen LogP contribution in [0, 0.1) is 5.82 Å². The molecule has 0 spiro atoms. The highest BCUT2D eigenvalue weighted by Crippen LogP contribution is 2.42. The van der Waals surface area contributed by atoms with Gasteiger partial charge in [0.25, 0.3) is 5.91 Å². The molecule has 3 aliphatic rings. The van der Waals surface area contributed by atoms with Gasteiger partial charge in [-0.25, -0.2) is 14.1 Å². The molecule has 1 atom stereocenters. The Kier molecular flexibility index (Phi) is 20.1. The number of fused-ring (bicyclic) bond motifs is 3. The van der Waals surface area contributed by atoms with Crippen LogP contribution in [0.4, 0.5) is 21.8 Å². The molecule has 9 rings (SSSR count). The molecule has 0 radical (unpaired) electrons. The average molecular weight is 1140 g/mol. The zero-order valence-electron chi connectivity index (χ0n) is 44.5. The summed E-state index contributed by atoms with van der Waals surface area (Å²) in [5.74, 6) is -1.65. The normalized spacial score (nSPS) is 15.4. The molecule has 2 aromatic heterocycles. The van der Waals surface area contributed by atoms with Crippen molar-refractivity contribution in [2.45, 2.75) is 45.0 Å². The van der Waals surface area contributed by atoms with Crippen molar-refractivity contribution in [1.29, 1.82) is 0 Å². The summed E-state index contributed by atoms with van der Waals surface area (Å²) in [6.45, 7) is 9.50. The number of amides is 5. The zero-order valence-corrected chi connectivity index (χ0v) is 45.3. The van der Waals surface area contributed by atoms with Crippen LogP contribution < -0.4 is 20.9 Å². The minimum absolute atomic E-state index is 0.0292. The topological polar surface area (TPSA) is 263 Å². The predicted molar refractivity (Wildman–Crippen MR) is 296 cm³/mol. The monoisotopic (exact) mass is 1140 g/mol. The number of nitrogens with one attached hydrogen (secondary N) is 3. The number of anilines is 3. The van der Waals surface area contributed by atoms with Crippen LogP contribution in [0.5, 0.6) is 5.75 Å². The van der Waals surface area contributed by atoms with Crippen molar-refractivity contribution in [1.82, 2.24) is 40.1 Å². The van der Waals surface area contributed by atoms with Gasteiger partial charge in [-0.2, -0.15) is 4.98 Å². The number of hydrogen-bond acceptors (Lipinski definition) is 18. The van der Waals surface area contributed by atoms with Crippen LogP contribution in [0.15, 0.2) is 79.5 Å². The number of benzene rings is 4. The molecule has 5 heterocycles. The van der Waals surface area contributed by atoms with Crippen molar-refractivity contribution >= 4 is 80.3 Å². The summed E-state index contributed by atoms with van der Waals surface area (Å²) in [7, 11) is 0. The summed E-state index contributed by atoms with van der Waals surface area (Å²) in [5, 5.41) is 29.1. The highest BCUT2D eigenvalue weighted by atomic mass is 35.5. The molecule has 1 unspecified atom stereocenters. The highest BCUT2D eigenvalue weighted by Gasteiger charge is 2.40. The van der Waals surface area contributed by atoms with Gasteiger partial charge in [0.05, 0.1) is 96.0 Å². The smallest absolute Gasteiger partial charge is 0.255 e. The van der Waals surface area contributed by atoms with E-state index in [1.165, 1.54) is 17.0 Å². The molecule has 0 aliphatic carbocycles. The lowest BCUT2D eigenvalue weighted by atomic mass is 9.96. The van der Waals surface area contributed by atoms with E-state index in [2.05, 4.69) is 37.8 Å². The lowest BCUT2D eigenvalue weighted by Gasteiger charge is -2.35. The number of aromatic hydroxyl groups is 1. The molecule has 5 amide bonds. The third-order valence-corrected chi connectivity index (χ3v) is 14.0. The molecule has 2 fully saturated rings. The van der Waals surface area contributed by atoms with Crippen LogP contribution in [0.3, 0.4) is 0 Å². The summed E-state index contributed by atoms with van der Waals surface area (Å²) in [6, 6.07) is 16.4. The second-order valence-corrected chi connectivity index (χ2v) is 19.5. The first-order valence-corrected chi connectivity index (χ1v) is 27.1. The number of ether oxygens (including phenoxy) is 6. The maximum atomic E-state index is 16.9. The van der Waals surface area contributed by atoms with E-state index < -0.39 is 17.8 Å². The number of halogens is 2. The third-order valence-electron chi connectivity index (χ3n) is 13.7. The Morgan fingerprint density at radius 3 is 2.30 bits per heavy atom. The number of piperidine rings is 1. The predicted octanol–water partition coefficient (Wildman–Crippen LogP) is 4.88. The number of hydrogen-bond donors (Lipinski definition) is 4. The molecular weight excluding hydrogens is 1070 g/mol. The summed E-state index contributed by atoms with van der Waals surface area (Å²) in [4.78, 5) is 76.6. The fraction of sp³-hybridized carbons (Fsp3) is 0.411. The number of carbonyl (C=O) groups is 5. The van der Waals surface area contributed by atoms with E-state index in [-0.39, 0.29) is 104 Å². The van der Waals surface area contributed by atoms with Crippen LogP contribution in [-0.4, -0.2) is 181 Å². The molecule has 3 aliphatic heterocycles. The van der Waals surface area contributed by atoms with Gasteiger partial charge in [0.2, 0.25) is 29.6 Å².